The number of hydrogen-bond acceptors (Lipinski definition) is 0. The highest BCUT2D eigenvalue weighted by Crippen LogP contribution is 2.55. The van der Waals surface area contributed by atoms with Crippen molar-refractivity contribution in [2.75, 3.05) is 0 Å². The summed E-state index contributed by atoms with van der Waals surface area (Å²) < 4.78 is 0.132. The third-order valence-electron chi connectivity index (χ3n) is 2.45. The molecular formula is C7H13S. The molecule has 1 aliphatic carbocycles. The fourth-order valence-corrected chi connectivity index (χ4v) is 0.994. The Balaban J connectivity index is 2.58. The molecule has 8 heavy (non-hydrogen) atoms. The maximum absolute atomic E-state index is 5.28. The van der Waals surface area contributed by atoms with E-state index in [0.717, 1.165) is 0 Å². The summed E-state index contributed by atoms with van der Waals surface area (Å²) in [5, 5.41) is 0. The van der Waals surface area contributed by atoms with E-state index in [1.165, 1.54) is 12.8 Å². The lowest BCUT2D eigenvalue weighted by molar-refractivity contribution is 0.445. The Bertz CT molecular complexity index is 92.2. The normalized spacial score (nSPS) is 25.5. The fraction of sp³-hybridized carbons (Fsp3) is 1.00. The van der Waals surface area contributed by atoms with Crippen LogP contribution in [0.4, 0.5) is 0 Å². The van der Waals surface area contributed by atoms with Gasteiger partial charge >= 0.3 is 0 Å². The van der Waals surface area contributed by atoms with Crippen molar-refractivity contribution in [3.05, 3.63) is 0 Å². The van der Waals surface area contributed by atoms with Crippen molar-refractivity contribution in [2.24, 2.45) is 5.41 Å². The molecule has 0 bridgehead atoms. The first-order valence-corrected chi connectivity index (χ1v) is 3.57. The van der Waals surface area contributed by atoms with Gasteiger partial charge in [0.25, 0.3) is 0 Å². The first kappa shape index (κ1) is 6.47. The molecule has 1 heteroatoms. The maximum atomic E-state index is 5.28. The molecule has 1 fully saturated rings. The van der Waals surface area contributed by atoms with E-state index in [1.54, 1.807) is 0 Å². The molecule has 0 aromatic carbocycles. The van der Waals surface area contributed by atoms with Gasteiger partial charge in [0, 0.05) is 4.75 Å². The number of hydrogen-bond donors (Lipinski definition) is 0. The monoisotopic (exact) mass is 129 g/mol. The van der Waals surface area contributed by atoms with Gasteiger partial charge in [0.05, 0.1) is 0 Å². The molecule has 0 aromatic heterocycles. The fourth-order valence-electron chi connectivity index (χ4n) is 0.790. The van der Waals surface area contributed by atoms with E-state index in [9.17, 15) is 0 Å². The van der Waals surface area contributed by atoms with E-state index in [4.69, 9.17) is 12.6 Å². The summed E-state index contributed by atoms with van der Waals surface area (Å²) in [6, 6.07) is 0. The smallest absolute Gasteiger partial charge is 0.0261 e. The van der Waals surface area contributed by atoms with Gasteiger partial charge in [-0.15, -0.1) is 0 Å². The standard InChI is InChI=1S/C7H13S/c1-6(2,8)7(3)4-5-7/h4-5H2,1-3H3. The van der Waals surface area contributed by atoms with Crippen molar-refractivity contribution in [1.82, 2.24) is 0 Å². The van der Waals surface area contributed by atoms with Crippen molar-refractivity contribution in [3.8, 4) is 0 Å². The van der Waals surface area contributed by atoms with Crippen LogP contribution >= 0.6 is 12.6 Å². The molecule has 0 amide bonds. The van der Waals surface area contributed by atoms with Crippen LogP contribution in [0, 0.1) is 5.41 Å². The topological polar surface area (TPSA) is 0 Å². The van der Waals surface area contributed by atoms with E-state index in [1.807, 2.05) is 0 Å². The van der Waals surface area contributed by atoms with Gasteiger partial charge in [0.2, 0.25) is 0 Å². The van der Waals surface area contributed by atoms with Crippen LogP contribution in [0.15, 0.2) is 0 Å². The van der Waals surface area contributed by atoms with Crippen molar-refractivity contribution >= 4 is 12.6 Å². The third kappa shape index (κ3) is 0.883. The molecule has 0 unspecified atom stereocenters. The molecule has 0 saturated heterocycles. The molecule has 1 radical (unpaired) electrons. The van der Waals surface area contributed by atoms with Crippen molar-refractivity contribution in [2.45, 2.75) is 38.4 Å². The zero-order valence-corrected chi connectivity index (χ0v) is 6.64. The van der Waals surface area contributed by atoms with Gasteiger partial charge in [-0.2, -0.15) is 0 Å². The number of rotatable bonds is 1. The lowest BCUT2D eigenvalue weighted by Crippen LogP contribution is -2.22. The molecule has 0 heterocycles. The first-order valence-electron chi connectivity index (χ1n) is 3.16. The predicted octanol–water partition coefficient (Wildman–Crippen LogP) is 2.76. The van der Waals surface area contributed by atoms with Crippen molar-refractivity contribution in [3.63, 3.8) is 0 Å². The van der Waals surface area contributed by atoms with Gasteiger partial charge in [0.15, 0.2) is 0 Å². The molecule has 0 spiro atoms. The average Bonchev–Trinajstić information content (AvgIpc) is 2.16. The van der Waals surface area contributed by atoms with Crippen LogP contribution in [0.25, 0.3) is 0 Å². The van der Waals surface area contributed by atoms with Gasteiger partial charge in [-0.3, -0.25) is 0 Å². The molecule has 1 saturated carbocycles. The molecule has 1 rings (SSSR count). The lowest BCUT2D eigenvalue weighted by atomic mass is 9.94. The summed E-state index contributed by atoms with van der Waals surface area (Å²) >= 11 is 5.28. The van der Waals surface area contributed by atoms with Crippen LogP contribution in [0.2, 0.25) is 0 Å². The van der Waals surface area contributed by atoms with Crippen molar-refractivity contribution in [1.29, 1.82) is 0 Å². The second kappa shape index (κ2) is 1.44. The Labute approximate surface area is 57.1 Å². The van der Waals surface area contributed by atoms with Gasteiger partial charge in [0.1, 0.15) is 0 Å². The minimum Gasteiger partial charge on any atom is -0.0867 e. The minimum absolute atomic E-state index is 0.132. The Morgan fingerprint density at radius 1 is 1.38 bits per heavy atom. The maximum Gasteiger partial charge on any atom is 0.0261 e. The second-order valence-electron chi connectivity index (χ2n) is 3.57. The van der Waals surface area contributed by atoms with E-state index >= 15 is 0 Å². The largest absolute Gasteiger partial charge is 0.0867 e. The lowest BCUT2D eigenvalue weighted by Gasteiger charge is -2.24. The minimum atomic E-state index is 0.132. The summed E-state index contributed by atoms with van der Waals surface area (Å²) in [7, 11) is 0. The van der Waals surface area contributed by atoms with Crippen LogP contribution in [-0.4, -0.2) is 4.75 Å². The molecule has 47 valence electrons. The highest BCUT2D eigenvalue weighted by Gasteiger charge is 2.48. The third-order valence-corrected chi connectivity index (χ3v) is 2.95. The molecule has 0 aliphatic heterocycles. The molecular weight excluding hydrogens is 116 g/mol. The molecule has 0 aromatic rings. The molecule has 0 atom stereocenters. The Morgan fingerprint density at radius 3 is 1.75 bits per heavy atom. The average molecular weight is 129 g/mol. The van der Waals surface area contributed by atoms with Crippen LogP contribution in [0.3, 0.4) is 0 Å². The van der Waals surface area contributed by atoms with Crippen molar-refractivity contribution < 1.29 is 0 Å². The van der Waals surface area contributed by atoms with E-state index < -0.39 is 0 Å². The highest BCUT2D eigenvalue weighted by molar-refractivity contribution is 7.81. The van der Waals surface area contributed by atoms with Crippen LogP contribution in [0.1, 0.15) is 33.6 Å². The summed E-state index contributed by atoms with van der Waals surface area (Å²) in [4.78, 5) is 0. The zero-order chi connectivity index (χ0) is 6.41. The predicted molar refractivity (Wildman–Crippen MR) is 39.0 cm³/mol. The summed E-state index contributed by atoms with van der Waals surface area (Å²) in [5.74, 6) is 0. The van der Waals surface area contributed by atoms with Gasteiger partial charge in [-0.1, -0.05) is 19.6 Å². The van der Waals surface area contributed by atoms with Crippen LogP contribution in [-0.2, 0) is 0 Å². The SMILES string of the molecule is CC(C)([S])C1(C)CC1. The zero-order valence-electron chi connectivity index (χ0n) is 5.82. The van der Waals surface area contributed by atoms with E-state index in [0.29, 0.717) is 5.41 Å². The Hall–Kier alpha value is 0.350. The first-order chi connectivity index (χ1) is 3.46. The summed E-state index contributed by atoms with van der Waals surface area (Å²) in [6.45, 7) is 6.57. The quantitative estimate of drug-likeness (QED) is 0.510. The van der Waals surface area contributed by atoms with Crippen LogP contribution in [0.5, 0.6) is 0 Å². The molecule has 1 aliphatic rings. The van der Waals surface area contributed by atoms with Gasteiger partial charge in [-0.05, 0) is 32.1 Å². The Morgan fingerprint density at radius 2 is 1.75 bits per heavy atom. The van der Waals surface area contributed by atoms with E-state index in [2.05, 4.69) is 20.8 Å². The summed E-state index contributed by atoms with van der Waals surface area (Å²) in [5.41, 5.74) is 0.502. The van der Waals surface area contributed by atoms with Crippen LogP contribution < -0.4 is 0 Å². The summed E-state index contributed by atoms with van der Waals surface area (Å²) in [6.07, 6.45) is 2.67. The Kier molecular flexibility index (Phi) is 1.16. The molecule has 0 N–H and O–H groups in total. The van der Waals surface area contributed by atoms with Gasteiger partial charge < -0.3 is 0 Å². The second-order valence-corrected chi connectivity index (χ2v) is 4.59. The molecule has 0 nitrogen and oxygen atoms in total. The van der Waals surface area contributed by atoms with E-state index in [-0.39, 0.29) is 4.75 Å². The van der Waals surface area contributed by atoms with Gasteiger partial charge in [-0.25, -0.2) is 0 Å². The highest BCUT2D eigenvalue weighted by atomic mass is 32.1.